The van der Waals surface area contributed by atoms with Crippen molar-refractivity contribution in [3.8, 4) is 0 Å². The monoisotopic (exact) mass is 210 g/mol. The van der Waals surface area contributed by atoms with Crippen LogP contribution in [0.4, 0.5) is 13.2 Å². The van der Waals surface area contributed by atoms with Gasteiger partial charge >= 0.3 is 6.18 Å². The van der Waals surface area contributed by atoms with E-state index in [4.69, 9.17) is 11.5 Å². The van der Waals surface area contributed by atoms with Crippen molar-refractivity contribution in [2.24, 2.45) is 11.5 Å². The van der Waals surface area contributed by atoms with Crippen LogP contribution in [0, 0.1) is 0 Å². The van der Waals surface area contributed by atoms with E-state index in [9.17, 15) is 13.2 Å². The minimum atomic E-state index is -4.28. The Morgan fingerprint density at radius 3 is 2.38 bits per heavy atom. The Hall–Kier alpha value is -0.590. The fourth-order valence-corrected chi connectivity index (χ4v) is 1.71. The van der Waals surface area contributed by atoms with Crippen LogP contribution in [0.5, 0.6) is 0 Å². The molecular formula is C7H9F3N2S. The second-order valence-electron chi connectivity index (χ2n) is 2.54. The van der Waals surface area contributed by atoms with Crippen molar-refractivity contribution in [1.82, 2.24) is 0 Å². The largest absolute Gasteiger partial charge is 0.425 e. The second-order valence-corrected chi connectivity index (χ2v) is 3.66. The molecule has 6 heteroatoms. The minimum absolute atomic E-state index is 0.151. The van der Waals surface area contributed by atoms with Gasteiger partial charge in [-0.15, -0.1) is 11.3 Å². The summed E-state index contributed by atoms with van der Waals surface area (Å²) in [4.78, 5) is -0.166. The van der Waals surface area contributed by atoms with E-state index in [1.54, 1.807) is 0 Å². The van der Waals surface area contributed by atoms with Gasteiger partial charge in [0.15, 0.2) is 0 Å². The van der Waals surface area contributed by atoms with E-state index in [-0.39, 0.29) is 6.54 Å². The highest BCUT2D eigenvalue weighted by atomic mass is 32.1. The molecule has 1 aromatic rings. The lowest BCUT2D eigenvalue weighted by atomic mass is 10.2. The molecule has 0 aliphatic heterocycles. The molecule has 0 amide bonds. The summed E-state index contributed by atoms with van der Waals surface area (Å²) in [6.07, 6.45) is -4.28. The summed E-state index contributed by atoms with van der Waals surface area (Å²) in [5.41, 5.74) is 10.7. The quantitative estimate of drug-likeness (QED) is 0.781. The smallest absolute Gasteiger partial charge is 0.329 e. The Bertz CT molecular complexity index is 282. The van der Waals surface area contributed by atoms with Gasteiger partial charge in [0.25, 0.3) is 0 Å². The number of halogens is 3. The average molecular weight is 210 g/mol. The molecule has 1 atom stereocenters. The highest BCUT2D eigenvalue weighted by molar-refractivity contribution is 7.12. The Kier molecular flexibility index (Phi) is 2.94. The van der Waals surface area contributed by atoms with E-state index >= 15 is 0 Å². The van der Waals surface area contributed by atoms with Crippen LogP contribution in [0.25, 0.3) is 0 Å². The van der Waals surface area contributed by atoms with Crippen LogP contribution in [-0.4, -0.2) is 6.54 Å². The van der Waals surface area contributed by atoms with Crippen LogP contribution >= 0.6 is 11.3 Å². The summed E-state index contributed by atoms with van der Waals surface area (Å²) >= 11 is 0.642. The fraction of sp³-hybridized carbons (Fsp3) is 0.429. The van der Waals surface area contributed by atoms with E-state index in [2.05, 4.69) is 0 Å². The molecule has 0 aliphatic carbocycles. The van der Waals surface area contributed by atoms with Crippen molar-refractivity contribution in [3.63, 3.8) is 0 Å². The number of alkyl halides is 3. The van der Waals surface area contributed by atoms with Gasteiger partial charge in [-0.3, -0.25) is 0 Å². The molecule has 0 fully saturated rings. The molecule has 0 aliphatic rings. The van der Waals surface area contributed by atoms with E-state index in [0.717, 1.165) is 6.07 Å². The molecule has 0 aromatic carbocycles. The van der Waals surface area contributed by atoms with Gasteiger partial charge in [-0.05, 0) is 12.1 Å². The number of nitrogens with two attached hydrogens (primary N) is 2. The predicted octanol–water partition coefficient (Wildman–Crippen LogP) is 1.73. The second kappa shape index (κ2) is 3.65. The van der Waals surface area contributed by atoms with Crippen LogP contribution in [-0.2, 0) is 6.18 Å². The first-order valence-electron chi connectivity index (χ1n) is 3.57. The SMILES string of the molecule is NCC(N)c1ccc(C(F)(F)F)s1. The van der Waals surface area contributed by atoms with Crippen molar-refractivity contribution < 1.29 is 13.2 Å². The molecule has 74 valence electrons. The average Bonchev–Trinajstić information content (AvgIpc) is 2.50. The molecular weight excluding hydrogens is 201 g/mol. The number of rotatable bonds is 2. The van der Waals surface area contributed by atoms with Gasteiger partial charge in [-0.25, -0.2) is 0 Å². The lowest BCUT2D eigenvalue weighted by Crippen LogP contribution is -2.19. The molecule has 1 rings (SSSR count). The van der Waals surface area contributed by atoms with E-state index < -0.39 is 17.1 Å². The Morgan fingerprint density at radius 2 is 2.00 bits per heavy atom. The van der Waals surface area contributed by atoms with Crippen molar-refractivity contribution in [1.29, 1.82) is 0 Å². The molecule has 1 unspecified atom stereocenters. The third-order valence-electron chi connectivity index (χ3n) is 1.53. The van der Waals surface area contributed by atoms with Gasteiger partial charge in [0.1, 0.15) is 4.88 Å². The zero-order valence-corrected chi connectivity index (χ0v) is 7.45. The third-order valence-corrected chi connectivity index (χ3v) is 2.79. The molecule has 0 bridgehead atoms. The summed E-state index contributed by atoms with van der Waals surface area (Å²) in [6.45, 7) is 0.151. The molecule has 0 spiro atoms. The summed E-state index contributed by atoms with van der Waals surface area (Å²) in [6, 6.07) is 1.89. The number of hydrogen-bond donors (Lipinski definition) is 2. The summed E-state index contributed by atoms with van der Waals surface area (Å²) in [5, 5.41) is 0. The highest BCUT2D eigenvalue weighted by Gasteiger charge is 2.32. The molecule has 1 aromatic heterocycles. The van der Waals surface area contributed by atoms with Crippen LogP contribution < -0.4 is 11.5 Å². The lowest BCUT2D eigenvalue weighted by molar-refractivity contribution is -0.134. The van der Waals surface area contributed by atoms with Crippen LogP contribution in [0.1, 0.15) is 15.8 Å². The Balaban J connectivity index is 2.87. The van der Waals surface area contributed by atoms with Crippen LogP contribution in [0.2, 0.25) is 0 Å². The topological polar surface area (TPSA) is 52.0 Å². The van der Waals surface area contributed by atoms with E-state index in [1.807, 2.05) is 0 Å². The normalized spacial score (nSPS) is 14.5. The first-order chi connectivity index (χ1) is 5.95. The fourth-order valence-electron chi connectivity index (χ4n) is 0.821. The third kappa shape index (κ3) is 2.43. The van der Waals surface area contributed by atoms with Gasteiger partial charge in [-0.1, -0.05) is 0 Å². The maximum atomic E-state index is 12.1. The molecule has 13 heavy (non-hydrogen) atoms. The van der Waals surface area contributed by atoms with Gasteiger partial charge in [0.05, 0.1) is 6.04 Å². The van der Waals surface area contributed by atoms with Gasteiger partial charge < -0.3 is 11.5 Å². The van der Waals surface area contributed by atoms with Gasteiger partial charge in [0, 0.05) is 11.4 Å². The zero-order chi connectivity index (χ0) is 10.1. The van der Waals surface area contributed by atoms with Crippen molar-refractivity contribution in [3.05, 3.63) is 21.9 Å². The summed E-state index contributed by atoms with van der Waals surface area (Å²) < 4.78 is 36.3. The van der Waals surface area contributed by atoms with Gasteiger partial charge in [-0.2, -0.15) is 13.2 Å². The molecule has 1 heterocycles. The van der Waals surface area contributed by atoms with E-state index in [1.165, 1.54) is 6.07 Å². The maximum Gasteiger partial charge on any atom is 0.425 e. The lowest BCUT2D eigenvalue weighted by Gasteiger charge is -2.04. The molecule has 4 N–H and O–H groups in total. The van der Waals surface area contributed by atoms with E-state index in [0.29, 0.717) is 16.2 Å². The van der Waals surface area contributed by atoms with Crippen molar-refractivity contribution in [2.45, 2.75) is 12.2 Å². The van der Waals surface area contributed by atoms with Gasteiger partial charge in [0.2, 0.25) is 0 Å². The first-order valence-corrected chi connectivity index (χ1v) is 4.39. The standard InChI is InChI=1S/C7H9F3N2S/c8-7(9,10)6-2-1-5(13-6)4(12)3-11/h1-2,4H,3,11-12H2. The predicted molar refractivity (Wildman–Crippen MR) is 45.3 cm³/mol. The van der Waals surface area contributed by atoms with Crippen molar-refractivity contribution in [2.75, 3.05) is 6.54 Å². The minimum Gasteiger partial charge on any atom is -0.329 e. The molecule has 0 saturated heterocycles. The Morgan fingerprint density at radius 1 is 1.38 bits per heavy atom. The summed E-state index contributed by atoms with van der Waals surface area (Å²) in [7, 11) is 0. The molecule has 0 radical (unpaired) electrons. The zero-order valence-electron chi connectivity index (χ0n) is 6.64. The summed E-state index contributed by atoms with van der Waals surface area (Å²) in [5.74, 6) is 0. The number of thiophene rings is 1. The van der Waals surface area contributed by atoms with Crippen molar-refractivity contribution >= 4 is 11.3 Å². The molecule has 0 saturated carbocycles. The first kappa shape index (κ1) is 10.5. The van der Waals surface area contributed by atoms with Crippen LogP contribution in [0.15, 0.2) is 12.1 Å². The van der Waals surface area contributed by atoms with Crippen LogP contribution in [0.3, 0.4) is 0 Å². The Labute approximate surface area is 77.3 Å². The highest BCUT2D eigenvalue weighted by Crippen LogP contribution is 2.35. The maximum absolute atomic E-state index is 12.1. The molecule has 2 nitrogen and oxygen atoms in total. The number of hydrogen-bond acceptors (Lipinski definition) is 3.